The molecule has 158 valence electrons. The highest BCUT2D eigenvalue weighted by atomic mass is 32.2. The number of nitrogens with one attached hydrogen (secondary N) is 1. The molecule has 0 atom stereocenters. The van der Waals surface area contributed by atoms with Crippen LogP contribution in [0.2, 0.25) is 0 Å². The van der Waals surface area contributed by atoms with E-state index in [9.17, 15) is 26.4 Å². The number of nitrogens with zero attached hydrogens (tertiary/aromatic N) is 1. The summed E-state index contributed by atoms with van der Waals surface area (Å²) >= 11 is 1.27. The average molecular weight is 454 g/mol. The lowest BCUT2D eigenvalue weighted by molar-refractivity contribution is -0.137. The molecule has 0 spiro atoms. The molecular weight excluding hydrogens is 437 g/mol. The summed E-state index contributed by atoms with van der Waals surface area (Å²) in [6, 6.07) is 10.5. The number of carbonyl (C=O) groups is 1. The van der Waals surface area contributed by atoms with Crippen molar-refractivity contribution in [3.8, 4) is 10.6 Å². The van der Waals surface area contributed by atoms with E-state index in [1.807, 2.05) is 0 Å². The Bertz CT molecular complexity index is 1150. The molecule has 0 bridgehead atoms. The number of rotatable bonds is 7. The second-order valence-corrected chi connectivity index (χ2v) is 9.08. The summed E-state index contributed by atoms with van der Waals surface area (Å²) < 4.78 is 65.3. The monoisotopic (exact) mass is 454 g/mol. The Labute approximate surface area is 175 Å². The van der Waals surface area contributed by atoms with Gasteiger partial charge in [-0.25, -0.2) is 18.1 Å². The van der Waals surface area contributed by atoms with E-state index in [2.05, 4.69) is 9.71 Å². The molecule has 2 aromatic carbocycles. The van der Waals surface area contributed by atoms with Crippen molar-refractivity contribution in [2.45, 2.75) is 24.4 Å². The molecule has 0 saturated carbocycles. The van der Waals surface area contributed by atoms with Crippen LogP contribution in [0, 0.1) is 0 Å². The van der Waals surface area contributed by atoms with Crippen LogP contribution < -0.4 is 4.72 Å². The largest absolute Gasteiger partial charge is 0.416 e. The van der Waals surface area contributed by atoms with Gasteiger partial charge in [0.25, 0.3) is 0 Å². The topological polar surface area (TPSA) is 76.1 Å². The second-order valence-electron chi connectivity index (χ2n) is 6.45. The van der Waals surface area contributed by atoms with Crippen LogP contribution in [0.15, 0.2) is 58.8 Å². The summed E-state index contributed by atoms with van der Waals surface area (Å²) in [5, 5.41) is 2.29. The van der Waals surface area contributed by atoms with Crippen LogP contribution >= 0.6 is 11.3 Å². The zero-order valence-corrected chi connectivity index (χ0v) is 17.4. The number of benzene rings is 2. The van der Waals surface area contributed by atoms with E-state index in [4.69, 9.17) is 0 Å². The minimum Gasteiger partial charge on any atom is -0.295 e. The first-order chi connectivity index (χ1) is 14.1. The Morgan fingerprint density at radius 3 is 2.47 bits per heavy atom. The quantitative estimate of drug-likeness (QED) is 0.532. The first-order valence-corrected chi connectivity index (χ1v) is 11.2. The molecule has 1 heterocycles. The van der Waals surface area contributed by atoms with Crippen LogP contribution in [0.3, 0.4) is 0 Å². The molecule has 1 N–H and O–H groups in total. The van der Waals surface area contributed by atoms with Gasteiger partial charge in [-0.3, -0.25) is 4.79 Å². The summed E-state index contributed by atoms with van der Waals surface area (Å²) in [6.45, 7) is 1.44. The molecule has 3 rings (SSSR count). The predicted octanol–water partition coefficient (Wildman–Crippen LogP) is 4.55. The van der Waals surface area contributed by atoms with Crippen LogP contribution in [-0.4, -0.2) is 25.7 Å². The van der Waals surface area contributed by atoms with Crippen LogP contribution in [0.1, 0.15) is 28.5 Å². The van der Waals surface area contributed by atoms with Gasteiger partial charge in [-0.2, -0.15) is 13.2 Å². The summed E-state index contributed by atoms with van der Waals surface area (Å²) in [5.74, 6) is -0.231. The third-order valence-electron chi connectivity index (χ3n) is 4.24. The van der Waals surface area contributed by atoms with Gasteiger partial charge in [-0.05, 0) is 31.2 Å². The maximum Gasteiger partial charge on any atom is 0.416 e. The van der Waals surface area contributed by atoms with Crippen molar-refractivity contribution in [2.75, 3.05) is 6.54 Å². The smallest absolute Gasteiger partial charge is 0.295 e. The highest BCUT2D eigenvalue weighted by Gasteiger charge is 2.30. The van der Waals surface area contributed by atoms with Crippen molar-refractivity contribution in [3.05, 3.63) is 70.7 Å². The van der Waals surface area contributed by atoms with Gasteiger partial charge in [0.15, 0.2) is 5.78 Å². The van der Waals surface area contributed by atoms with Crippen LogP contribution in [-0.2, 0) is 22.6 Å². The van der Waals surface area contributed by atoms with Gasteiger partial charge in [-0.15, -0.1) is 11.3 Å². The standard InChI is InChI=1S/C20H17F3N2O3S2/c1-13(26)15-3-2-4-18(11-15)30(27,28)24-10-9-17-12-29-19(25-17)14-5-7-16(8-6-14)20(21,22)23/h2-8,11-12,24H,9-10H2,1H3. The predicted molar refractivity (Wildman–Crippen MR) is 108 cm³/mol. The normalized spacial score (nSPS) is 12.1. The number of Topliss-reactive ketones (excluding diaryl/α,β-unsaturated/α-hetero) is 1. The molecule has 0 radical (unpaired) electrons. The van der Waals surface area contributed by atoms with Crippen molar-refractivity contribution in [1.29, 1.82) is 0 Å². The number of sulfonamides is 1. The number of thiazole rings is 1. The van der Waals surface area contributed by atoms with E-state index >= 15 is 0 Å². The number of aromatic nitrogens is 1. The van der Waals surface area contributed by atoms with Gasteiger partial charge in [0, 0.05) is 29.5 Å². The molecule has 0 fully saturated rings. The minimum atomic E-state index is -4.40. The van der Waals surface area contributed by atoms with E-state index in [1.54, 1.807) is 11.4 Å². The minimum absolute atomic E-state index is 0.000999. The molecule has 0 aliphatic carbocycles. The van der Waals surface area contributed by atoms with Crippen molar-refractivity contribution in [3.63, 3.8) is 0 Å². The summed E-state index contributed by atoms with van der Waals surface area (Å²) in [4.78, 5) is 15.8. The number of hydrogen-bond donors (Lipinski definition) is 1. The highest BCUT2D eigenvalue weighted by Crippen LogP contribution is 2.31. The van der Waals surface area contributed by atoms with Crippen molar-refractivity contribution < 1.29 is 26.4 Å². The van der Waals surface area contributed by atoms with Crippen molar-refractivity contribution in [1.82, 2.24) is 9.71 Å². The molecule has 0 aliphatic rings. The molecule has 5 nitrogen and oxygen atoms in total. The van der Waals surface area contributed by atoms with Crippen LogP contribution in [0.4, 0.5) is 13.2 Å². The number of hydrogen-bond acceptors (Lipinski definition) is 5. The first-order valence-electron chi connectivity index (χ1n) is 8.79. The lowest BCUT2D eigenvalue weighted by Gasteiger charge is -2.07. The Hall–Kier alpha value is -2.56. The van der Waals surface area contributed by atoms with E-state index < -0.39 is 21.8 Å². The highest BCUT2D eigenvalue weighted by molar-refractivity contribution is 7.89. The van der Waals surface area contributed by atoms with Gasteiger partial charge in [0.05, 0.1) is 16.2 Å². The number of ketones is 1. The van der Waals surface area contributed by atoms with Gasteiger partial charge in [0.1, 0.15) is 5.01 Å². The maximum absolute atomic E-state index is 12.7. The molecule has 0 aliphatic heterocycles. The number of carbonyl (C=O) groups excluding carboxylic acids is 1. The Kier molecular flexibility index (Phi) is 6.39. The zero-order valence-electron chi connectivity index (χ0n) is 15.7. The maximum atomic E-state index is 12.7. The summed E-state index contributed by atoms with van der Waals surface area (Å²) in [6.07, 6.45) is -4.09. The molecule has 0 unspecified atom stereocenters. The van der Waals surface area contributed by atoms with E-state index in [0.29, 0.717) is 28.2 Å². The lowest BCUT2D eigenvalue weighted by Crippen LogP contribution is -2.26. The zero-order chi connectivity index (χ0) is 21.9. The van der Waals surface area contributed by atoms with E-state index in [1.165, 1.54) is 48.6 Å². The SMILES string of the molecule is CC(=O)c1cccc(S(=O)(=O)NCCc2csc(-c3ccc(C(F)(F)F)cc3)n2)c1. The molecule has 0 saturated heterocycles. The van der Waals surface area contributed by atoms with Crippen LogP contribution in [0.5, 0.6) is 0 Å². The third kappa shape index (κ3) is 5.32. The lowest BCUT2D eigenvalue weighted by atomic mass is 10.1. The fourth-order valence-corrected chi connectivity index (χ4v) is 4.57. The second kappa shape index (κ2) is 8.66. The van der Waals surface area contributed by atoms with E-state index in [-0.39, 0.29) is 17.2 Å². The summed E-state index contributed by atoms with van der Waals surface area (Å²) in [5.41, 5.74) is 0.751. The average Bonchev–Trinajstić information content (AvgIpc) is 3.16. The molecule has 30 heavy (non-hydrogen) atoms. The fourth-order valence-electron chi connectivity index (χ4n) is 2.64. The first kappa shape index (κ1) is 22.1. The van der Waals surface area contributed by atoms with Gasteiger partial charge >= 0.3 is 6.18 Å². The molecule has 10 heteroatoms. The molecular formula is C20H17F3N2O3S2. The van der Waals surface area contributed by atoms with E-state index in [0.717, 1.165) is 12.1 Å². The molecule has 1 aromatic heterocycles. The fraction of sp³-hybridized carbons (Fsp3) is 0.200. The number of alkyl halides is 3. The number of halogens is 3. The van der Waals surface area contributed by atoms with Crippen molar-refractivity contribution >= 4 is 27.1 Å². The van der Waals surface area contributed by atoms with Gasteiger partial charge < -0.3 is 0 Å². The van der Waals surface area contributed by atoms with Gasteiger partial charge in [-0.1, -0.05) is 24.3 Å². The molecule has 0 amide bonds. The Balaban J connectivity index is 1.63. The van der Waals surface area contributed by atoms with Crippen LogP contribution in [0.25, 0.3) is 10.6 Å². The Morgan fingerprint density at radius 2 is 1.83 bits per heavy atom. The van der Waals surface area contributed by atoms with Crippen molar-refractivity contribution in [2.24, 2.45) is 0 Å². The Morgan fingerprint density at radius 1 is 1.13 bits per heavy atom. The van der Waals surface area contributed by atoms with Gasteiger partial charge in [0.2, 0.25) is 10.0 Å². The third-order valence-corrected chi connectivity index (χ3v) is 6.63. The summed E-state index contributed by atoms with van der Waals surface area (Å²) in [7, 11) is -3.78. The molecule has 3 aromatic rings.